The van der Waals surface area contributed by atoms with Gasteiger partial charge in [0.15, 0.2) is 6.29 Å². The Balaban J connectivity index is 2.25. The van der Waals surface area contributed by atoms with Crippen LogP contribution in [0.1, 0.15) is 10.4 Å². The molecule has 23 heavy (non-hydrogen) atoms. The molecule has 3 aromatic rings. The summed E-state index contributed by atoms with van der Waals surface area (Å²) < 4.78 is 41.7. The van der Waals surface area contributed by atoms with Crippen LogP contribution >= 0.6 is 11.6 Å². The molecule has 0 bridgehead atoms. The quantitative estimate of drug-likeness (QED) is 0.663. The molecular formula is C16H8ClF3N2O. The summed E-state index contributed by atoms with van der Waals surface area (Å²) in [5.41, 5.74) is -0.0723. The number of hydrogen-bond donors (Lipinski definition) is 0. The van der Waals surface area contributed by atoms with Gasteiger partial charge in [-0.15, -0.1) is 0 Å². The van der Waals surface area contributed by atoms with Crippen molar-refractivity contribution in [3.8, 4) is 16.9 Å². The van der Waals surface area contributed by atoms with Crippen molar-refractivity contribution in [1.82, 2.24) is 9.78 Å². The van der Waals surface area contributed by atoms with Crippen molar-refractivity contribution in [2.24, 2.45) is 0 Å². The third kappa shape index (κ3) is 2.73. The zero-order chi connectivity index (χ0) is 16.6. The second-order valence-electron chi connectivity index (χ2n) is 4.69. The molecule has 0 fully saturated rings. The standard InChI is InChI=1S/C16H8ClF3N2O/c17-16-12(8-23)15(9-5-10(18)7-11(19)6-9)21-22(16)14-4-2-1-3-13(14)20/h1-8H. The maximum Gasteiger partial charge on any atom is 0.155 e. The molecule has 0 atom stereocenters. The van der Waals surface area contributed by atoms with Crippen LogP contribution in [0.2, 0.25) is 5.15 Å². The van der Waals surface area contributed by atoms with Gasteiger partial charge in [0.05, 0.1) is 5.56 Å². The van der Waals surface area contributed by atoms with E-state index in [1.807, 2.05) is 0 Å². The summed E-state index contributed by atoms with van der Waals surface area (Å²) in [6.07, 6.45) is 0.408. The highest BCUT2D eigenvalue weighted by molar-refractivity contribution is 6.32. The fourth-order valence-electron chi connectivity index (χ4n) is 2.20. The van der Waals surface area contributed by atoms with Crippen molar-refractivity contribution in [3.63, 3.8) is 0 Å². The van der Waals surface area contributed by atoms with Gasteiger partial charge in [0.1, 0.15) is 34.0 Å². The van der Waals surface area contributed by atoms with E-state index in [0.29, 0.717) is 12.4 Å². The highest BCUT2D eigenvalue weighted by Crippen LogP contribution is 2.31. The molecule has 3 nitrogen and oxygen atoms in total. The smallest absolute Gasteiger partial charge is 0.155 e. The van der Waals surface area contributed by atoms with Crippen LogP contribution in [-0.4, -0.2) is 16.1 Å². The van der Waals surface area contributed by atoms with E-state index in [0.717, 1.165) is 16.8 Å². The first-order chi connectivity index (χ1) is 11.0. The fraction of sp³-hybridized carbons (Fsp3) is 0. The Morgan fingerprint density at radius 2 is 1.70 bits per heavy atom. The van der Waals surface area contributed by atoms with Crippen LogP contribution < -0.4 is 0 Å². The summed E-state index contributed by atoms with van der Waals surface area (Å²) in [5, 5.41) is 3.90. The topological polar surface area (TPSA) is 34.9 Å². The molecule has 3 rings (SSSR count). The number of halogens is 4. The maximum atomic E-state index is 13.9. The molecule has 2 aromatic carbocycles. The summed E-state index contributed by atoms with van der Waals surface area (Å²) in [7, 11) is 0. The Kier molecular flexibility index (Phi) is 3.92. The Bertz CT molecular complexity index is 888. The maximum absolute atomic E-state index is 13.9. The number of rotatable bonds is 3. The van der Waals surface area contributed by atoms with Crippen LogP contribution in [0.5, 0.6) is 0 Å². The van der Waals surface area contributed by atoms with Crippen LogP contribution in [0.15, 0.2) is 42.5 Å². The van der Waals surface area contributed by atoms with Gasteiger partial charge in [-0.05, 0) is 24.3 Å². The number of aldehydes is 1. The number of hydrogen-bond acceptors (Lipinski definition) is 2. The van der Waals surface area contributed by atoms with Crippen LogP contribution in [0.4, 0.5) is 13.2 Å². The lowest BCUT2D eigenvalue weighted by atomic mass is 10.1. The second-order valence-corrected chi connectivity index (χ2v) is 5.05. The van der Waals surface area contributed by atoms with Crippen LogP contribution in [0, 0.1) is 17.5 Å². The highest BCUT2D eigenvalue weighted by Gasteiger charge is 2.20. The molecule has 0 unspecified atom stereocenters. The zero-order valence-electron chi connectivity index (χ0n) is 11.4. The minimum absolute atomic E-state index is 0.0173. The molecule has 0 saturated heterocycles. The Hall–Kier alpha value is -2.60. The minimum Gasteiger partial charge on any atom is -0.298 e. The summed E-state index contributed by atoms with van der Waals surface area (Å²) in [6, 6.07) is 8.40. The Labute approximate surface area is 133 Å². The largest absolute Gasteiger partial charge is 0.298 e. The summed E-state index contributed by atoms with van der Waals surface area (Å²) in [4.78, 5) is 11.3. The average molecular weight is 337 g/mol. The van der Waals surface area contributed by atoms with Crippen molar-refractivity contribution in [1.29, 1.82) is 0 Å². The molecule has 0 saturated carbocycles. The molecule has 1 aromatic heterocycles. The van der Waals surface area contributed by atoms with Crippen molar-refractivity contribution < 1.29 is 18.0 Å². The molecule has 0 amide bonds. The van der Waals surface area contributed by atoms with Crippen molar-refractivity contribution in [2.45, 2.75) is 0 Å². The molecule has 7 heteroatoms. The number of carbonyl (C=O) groups is 1. The van der Waals surface area contributed by atoms with Crippen molar-refractivity contribution in [2.75, 3.05) is 0 Å². The third-order valence-corrected chi connectivity index (χ3v) is 3.56. The minimum atomic E-state index is -0.826. The van der Waals surface area contributed by atoms with Gasteiger partial charge in [0, 0.05) is 11.6 Å². The second kappa shape index (κ2) is 5.89. The van der Waals surface area contributed by atoms with E-state index in [9.17, 15) is 18.0 Å². The molecule has 0 spiro atoms. The van der Waals surface area contributed by atoms with E-state index in [2.05, 4.69) is 5.10 Å². The van der Waals surface area contributed by atoms with E-state index in [-0.39, 0.29) is 27.7 Å². The number of nitrogens with zero attached hydrogens (tertiary/aromatic N) is 2. The molecule has 116 valence electrons. The van der Waals surface area contributed by atoms with Gasteiger partial charge < -0.3 is 0 Å². The average Bonchev–Trinajstić information content (AvgIpc) is 2.83. The van der Waals surface area contributed by atoms with Gasteiger partial charge in [-0.3, -0.25) is 4.79 Å². The van der Waals surface area contributed by atoms with Crippen LogP contribution in [0.3, 0.4) is 0 Å². The fourth-order valence-corrected chi connectivity index (χ4v) is 2.46. The highest BCUT2D eigenvalue weighted by atomic mass is 35.5. The van der Waals surface area contributed by atoms with Crippen LogP contribution in [0.25, 0.3) is 16.9 Å². The number of para-hydroxylation sites is 1. The van der Waals surface area contributed by atoms with Crippen molar-refractivity contribution in [3.05, 3.63) is 70.6 Å². The summed E-state index contributed by atoms with van der Waals surface area (Å²) in [6.45, 7) is 0. The van der Waals surface area contributed by atoms with Gasteiger partial charge in [-0.25, -0.2) is 17.9 Å². The summed E-state index contributed by atoms with van der Waals surface area (Å²) >= 11 is 6.08. The summed E-state index contributed by atoms with van der Waals surface area (Å²) in [5.74, 6) is -2.26. The molecule has 0 aliphatic heterocycles. The molecule has 1 heterocycles. The lowest BCUT2D eigenvalue weighted by Gasteiger charge is -2.03. The van der Waals surface area contributed by atoms with Gasteiger partial charge in [0.25, 0.3) is 0 Å². The zero-order valence-corrected chi connectivity index (χ0v) is 12.2. The lowest BCUT2D eigenvalue weighted by molar-refractivity contribution is 0.112. The first-order valence-electron chi connectivity index (χ1n) is 6.46. The number of carbonyl (C=O) groups excluding carboxylic acids is 1. The van der Waals surface area contributed by atoms with Gasteiger partial charge in [0.2, 0.25) is 0 Å². The normalized spacial score (nSPS) is 10.8. The molecule has 0 aliphatic carbocycles. The van der Waals surface area contributed by atoms with Crippen molar-refractivity contribution >= 4 is 17.9 Å². The molecular weight excluding hydrogens is 329 g/mol. The van der Waals surface area contributed by atoms with Gasteiger partial charge >= 0.3 is 0 Å². The third-order valence-electron chi connectivity index (χ3n) is 3.20. The predicted molar refractivity (Wildman–Crippen MR) is 79.3 cm³/mol. The number of benzene rings is 2. The lowest BCUT2D eigenvalue weighted by Crippen LogP contribution is -2.00. The van der Waals surface area contributed by atoms with E-state index >= 15 is 0 Å². The Morgan fingerprint density at radius 3 is 2.30 bits per heavy atom. The SMILES string of the molecule is O=Cc1c(-c2cc(F)cc(F)c2)nn(-c2ccccc2F)c1Cl. The van der Waals surface area contributed by atoms with Gasteiger partial charge in [-0.1, -0.05) is 23.7 Å². The first kappa shape index (κ1) is 15.3. The van der Waals surface area contributed by atoms with E-state index < -0.39 is 17.5 Å². The number of aromatic nitrogens is 2. The van der Waals surface area contributed by atoms with E-state index in [4.69, 9.17) is 11.6 Å². The van der Waals surface area contributed by atoms with E-state index in [1.54, 1.807) is 6.07 Å². The molecule has 0 aliphatic rings. The van der Waals surface area contributed by atoms with Crippen LogP contribution in [-0.2, 0) is 0 Å². The first-order valence-corrected chi connectivity index (χ1v) is 6.84. The molecule has 0 radical (unpaired) electrons. The van der Waals surface area contributed by atoms with E-state index in [1.165, 1.54) is 18.2 Å². The van der Waals surface area contributed by atoms with Gasteiger partial charge in [-0.2, -0.15) is 5.10 Å². The predicted octanol–water partition coefficient (Wildman–Crippen LogP) is 4.42. The Morgan fingerprint density at radius 1 is 1.04 bits per heavy atom. The molecule has 0 N–H and O–H groups in total. The monoisotopic (exact) mass is 336 g/mol.